The fourth-order valence-electron chi connectivity index (χ4n) is 2.60. The van der Waals surface area contributed by atoms with Crippen molar-refractivity contribution in [3.63, 3.8) is 0 Å². The third kappa shape index (κ3) is 8.47. The summed E-state index contributed by atoms with van der Waals surface area (Å²) in [5, 5.41) is 6.37. The first kappa shape index (κ1) is 24.2. The summed E-state index contributed by atoms with van der Waals surface area (Å²) in [4.78, 5) is 18.0. The minimum Gasteiger partial charge on any atom is -0.489 e. The van der Waals surface area contributed by atoms with Crippen molar-refractivity contribution in [2.75, 3.05) is 40.4 Å². The normalized spacial score (nSPS) is 16.1. The number of carbonyl (C=O) groups is 1. The molecule has 0 radical (unpaired) electrons. The van der Waals surface area contributed by atoms with Gasteiger partial charge in [0.25, 0.3) is 0 Å². The van der Waals surface area contributed by atoms with E-state index in [0.717, 1.165) is 30.8 Å². The summed E-state index contributed by atoms with van der Waals surface area (Å²) in [5.41, 5.74) is 0.969. The van der Waals surface area contributed by atoms with Gasteiger partial charge in [-0.2, -0.15) is 0 Å². The van der Waals surface area contributed by atoms with Crippen LogP contribution in [0.4, 0.5) is 0 Å². The molecule has 1 unspecified atom stereocenters. The number of nitrogens with zero attached hydrogens (tertiary/aromatic N) is 2. The molecule has 0 bridgehead atoms. The van der Waals surface area contributed by atoms with Crippen molar-refractivity contribution >= 4 is 35.8 Å². The Morgan fingerprint density at radius 1 is 1.39 bits per heavy atom. The molecule has 1 aliphatic heterocycles. The van der Waals surface area contributed by atoms with E-state index in [1.165, 1.54) is 0 Å². The summed E-state index contributed by atoms with van der Waals surface area (Å²) in [7, 11) is 3.46. The number of likely N-dealkylation sites (N-methyl/N-ethyl adjacent to an activating group) is 1. The van der Waals surface area contributed by atoms with Crippen LogP contribution in [0.1, 0.15) is 18.4 Å². The van der Waals surface area contributed by atoms with E-state index in [-0.39, 0.29) is 42.5 Å². The number of hydrogen-bond donors (Lipinski definition) is 2. The molecular formula is C20H31IN4O3. The number of hydrogen-bond acceptors (Lipinski definition) is 4. The van der Waals surface area contributed by atoms with Crippen LogP contribution in [0.3, 0.4) is 0 Å². The molecule has 7 nitrogen and oxygen atoms in total. The van der Waals surface area contributed by atoms with Gasteiger partial charge in [0.05, 0.1) is 19.2 Å². The second-order valence-corrected chi connectivity index (χ2v) is 6.53. The number of guanidine groups is 1. The van der Waals surface area contributed by atoms with E-state index in [4.69, 9.17) is 9.47 Å². The third-order valence-corrected chi connectivity index (χ3v) is 4.16. The lowest BCUT2D eigenvalue weighted by atomic mass is 10.2. The number of rotatable bonds is 9. The van der Waals surface area contributed by atoms with Crippen molar-refractivity contribution < 1.29 is 14.3 Å². The molecule has 0 spiro atoms. The molecule has 0 aromatic heterocycles. The van der Waals surface area contributed by atoms with Gasteiger partial charge in [0, 0.05) is 32.8 Å². The smallest absolute Gasteiger partial charge is 0.241 e. The molecule has 156 valence electrons. The van der Waals surface area contributed by atoms with Crippen LogP contribution in [-0.2, 0) is 16.1 Å². The Balaban J connectivity index is 0.00000392. The summed E-state index contributed by atoms with van der Waals surface area (Å²) in [5.74, 6) is 1.35. The van der Waals surface area contributed by atoms with Crippen LogP contribution in [0.15, 0.2) is 41.9 Å². The van der Waals surface area contributed by atoms with E-state index < -0.39 is 0 Å². The average Bonchev–Trinajstić information content (AvgIpc) is 3.19. The van der Waals surface area contributed by atoms with Gasteiger partial charge in [-0.15, -0.1) is 24.0 Å². The molecule has 1 amide bonds. The fraction of sp³-hybridized carbons (Fsp3) is 0.500. The van der Waals surface area contributed by atoms with Gasteiger partial charge in [0.1, 0.15) is 12.4 Å². The predicted molar refractivity (Wildman–Crippen MR) is 122 cm³/mol. The van der Waals surface area contributed by atoms with Crippen molar-refractivity contribution in [2.45, 2.75) is 25.5 Å². The zero-order chi connectivity index (χ0) is 19.5. The van der Waals surface area contributed by atoms with Gasteiger partial charge in [-0.1, -0.05) is 30.9 Å². The lowest BCUT2D eigenvalue weighted by molar-refractivity contribution is -0.127. The van der Waals surface area contributed by atoms with E-state index in [9.17, 15) is 4.79 Å². The highest BCUT2D eigenvalue weighted by molar-refractivity contribution is 14.0. The van der Waals surface area contributed by atoms with Gasteiger partial charge in [-0.05, 0) is 18.9 Å². The standard InChI is InChI=1S/C20H30N4O3.HI/c1-4-11-27-18-10-6-5-8-16(18)13-21-20(23-15-19(25)24(2)3)22-14-17-9-7-12-26-17;/h4-6,8,10,17H,1,7,9,11-15H2,2-3H3,(H2,21,22,23);1H. The second kappa shape index (κ2) is 13.4. The highest BCUT2D eigenvalue weighted by atomic mass is 127. The monoisotopic (exact) mass is 502 g/mol. The van der Waals surface area contributed by atoms with E-state index in [1.807, 2.05) is 24.3 Å². The molecule has 1 fully saturated rings. The minimum atomic E-state index is -0.0173. The number of amides is 1. The molecule has 1 heterocycles. The minimum absolute atomic E-state index is 0. The summed E-state index contributed by atoms with van der Waals surface area (Å²) in [6.45, 7) is 6.20. The molecule has 2 N–H and O–H groups in total. The third-order valence-electron chi connectivity index (χ3n) is 4.16. The average molecular weight is 502 g/mol. The van der Waals surface area contributed by atoms with Crippen LogP contribution in [0.2, 0.25) is 0 Å². The largest absolute Gasteiger partial charge is 0.489 e. The van der Waals surface area contributed by atoms with Crippen LogP contribution < -0.4 is 15.4 Å². The Labute approximate surface area is 184 Å². The van der Waals surface area contributed by atoms with Crippen molar-refractivity contribution in [1.29, 1.82) is 0 Å². The zero-order valence-corrected chi connectivity index (χ0v) is 19.0. The Hall–Kier alpha value is -1.81. The molecule has 1 aliphatic rings. The maximum Gasteiger partial charge on any atom is 0.241 e. The summed E-state index contributed by atoms with van der Waals surface area (Å²) in [6.07, 6.45) is 4.02. The number of ether oxygens (including phenoxy) is 2. The predicted octanol–water partition coefficient (Wildman–Crippen LogP) is 2.17. The topological polar surface area (TPSA) is 75.2 Å². The van der Waals surface area contributed by atoms with Gasteiger partial charge in [-0.25, -0.2) is 4.99 Å². The quantitative estimate of drug-likeness (QED) is 0.235. The fourth-order valence-corrected chi connectivity index (χ4v) is 2.60. The van der Waals surface area contributed by atoms with Gasteiger partial charge in [0.2, 0.25) is 5.91 Å². The van der Waals surface area contributed by atoms with E-state index in [1.54, 1.807) is 25.1 Å². The Bertz CT molecular complexity index is 646. The van der Waals surface area contributed by atoms with Gasteiger partial charge < -0.3 is 25.0 Å². The maximum atomic E-state index is 11.9. The molecule has 1 aromatic rings. The number of carbonyl (C=O) groups excluding carboxylic acids is 1. The molecule has 8 heteroatoms. The first-order valence-corrected chi connectivity index (χ1v) is 9.25. The lowest BCUT2D eigenvalue weighted by Crippen LogP contribution is -2.45. The van der Waals surface area contributed by atoms with Gasteiger partial charge in [-0.3, -0.25) is 4.79 Å². The molecular weight excluding hydrogens is 471 g/mol. The zero-order valence-electron chi connectivity index (χ0n) is 16.6. The Kier molecular flexibility index (Phi) is 11.6. The number of benzene rings is 1. The van der Waals surface area contributed by atoms with E-state index in [0.29, 0.717) is 25.7 Å². The van der Waals surface area contributed by atoms with Crippen molar-refractivity contribution in [3.05, 3.63) is 42.5 Å². The van der Waals surface area contributed by atoms with Crippen molar-refractivity contribution in [1.82, 2.24) is 15.5 Å². The van der Waals surface area contributed by atoms with Crippen LogP contribution in [-0.4, -0.2) is 63.3 Å². The van der Waals surface area contributed by atoms with Crippen molar-refractivity contribution in [3.8, 4) is 5.75 Å². The Morgan fingerprint density at radius 3 is 2.86 bits per heavy atom. The summed E-state index contributed by atoms with van der Waals surface area (Å²) >= 11 is 0. The highest BCUT2D eigenvalue weighted by Gasteiger charge is 2.16. The molecule has 0 aliphatic carbocycles. The first-order valence-electron chi connectivity index (χ1n) is 9.25. The molecule has 1 atom stereocenters. The first-order chi connectivity index (χ1) is 13.1. The van der Waals surface area contributed by atoms with Gasteiger partial charge >= 0.3 is 0 Å². The molecule has 0 saturated carbocycles. The van der Waals surface area contributed by atoms with E-state index >= 15 is 0 Å². The van der Waals surface area contributed by atoms with Crippen LogP contribution in [0, 0.1) is 0 Å². The summed E-state index contributed by atoms with van der Waals surface area (Å²) in [6, 6.07) is 7.77. The lowest BCUT2D eigenvalue weighted by Gasteiger charge is -2.17. The summed E-state index contributed by atoms with van der Waals surface area (Å²) < 4.78 is 11.3. The van der Waals surface area contributed by atoms with Crippen LogP contribution in [0.25, 0.3) is 0 Å². The maximum absolute atomic E-state index is 11.9. The second-order valence-electron chi connectivity index (χ2n) is 6.53. The SMILES string of the molecule is C=CCOc1ccccc1CN=C(NCC(=O)N(C)C)NCC1CCCO1.I. The number of aliphatic imine (C=N–C) groups is 1. The molecule has 1 saturated heterocycles. The van der Waals surface area contributed by atoms with Crippen molar-refractivity contribution in [2.24, 2.45) is 4.99 Å². The molecule has 28 heavy (non-hydrogen) atoms. The highest BCUT2D eigenvalue weighted by Crippen LogP contribution is 2.18. The molecule has 2 rings (SSSR count). The van der Waals surface area contributed by atoms with Gasteiger partial charge in [0.15, 0.2) is 5.96 Å². The number of para-hydroxylation sites is 1. The molecule has 1 aromatic carbocycles. The number of nitrogens with one attached hydrogen (secondary N) is 2. The number of halogens is 1. The Morgan fingerprint density at radius 2 is 2.18 bits per heavy atom. The van der Waals surface area contributed by atoms with Crippen LogP contribution >= 0.6 is 24.0 Å². The van der Waals surface area contributed by atoms with E-state index in [2.05, 4.69) is 22.2 Å². The van der Waals surface area contributed by atoms with Crippen LogP contribution in [0.5, 0.6) is 5.75 Å².